The van der Waals surface area contributed by atoms with E-state index in [1.807, 2.05) is 12.1 Å². The number of carbonyl (C=O) groups is 3. The van der Waals surface area contributed by atoms with Gasteiger partial charge in [-0.05, 0) is 49.7 Å². The number of carbonyl (C=O) groups excluding carboxylic acids is 3. The zero-order valence-corrected chi connectivity index (χ0v) is 15.7. The van der Waals surface area contributed by atoms with Crippen LogP contribution >= 0.6 is 11.8 Å². The molecule has 140 valence electrons. The number of nitrogens with zero attached hydrogens (tertiary/aromatic N) is 1. The fraction of sp³-hybridized carbons (Fsp3) is 0.250. The molecule has 0 aromatic heterocycles. The minimum Gasteiger partial charge on any atom is -0.465 e. The number of thioether (sulfide) groups is 1. The summed E-state index contributed by atoms with van der Waals surface area (Å²) in [7, 11) is 0. The highest BCUT2D eigenvalue weighted by Crippen LogP contribution is 2.25. The first-order chi connectivity index (χ1) is 13.0. The molecular weight excluding hydrogens is 364 g/mol. The van der Waals surface area contributed by atoms with E-state index in [0.717, 1.165) is 4.90 Å². The van der Waals surface area contributed by atoms with E-state index in [-0.39, 0.29) is 36.2 Å². The maximum Gasteiger partial charge on any atom is 0.319 e. The number of rotatable bonds is 7. The van der Waals surface area contributed by atoms with E-state index in [9.17, 15) is 14.4 Å². The normalized spacial score (nSPS) is 14.2. The fourth-order valence-electron chi connectivity index (χ4n) is 2.75. The van der Waals surface area contributed by atoms with E-state index in [0.29, 0.717) is 23.2 Å². The maximum atomic E-state index is 12.3. The lowest BCUT2D eigenvalue weighted by Gasteiger charge is -2.15. The van der Waals surface area contributed by atoms with Crippen molar-refractivity contribution in [1.29, 1.82) is 0 Å². The predicted molar refractivity (Wildman–Crippen MR) is 104 cm³/mol. The molecular formula is C20H20N2O4S. The second-order valence-electron chi connectivity index (χ2n) is 6.16. The van der Waals surface area contributed by atoms with E-state index >= 15 is 0 Å². The van der Waals surface area contributed by atoms with Crippen LogP contribution < -0.4 is 5.73 Å². The molecule has 0 unspecified atom stereocenters. The van der Waals surface area contributed by atoms with Gasteiger partial charge in [-0.2, -0.15) is 0 Å². The number of ether oxygens (including phenoxy) is 1. The van der Waals surface area contributed by atoms with Crippen LogP contribution in [0.25, 0.3) is 0 Å². The van der Waals surface area contributed by atoms with Crippen LogP contribution in [0.4, 0.5) is 5.69 Å². The number of anilines is 1. The van der Waals surface area contributed by atoms with Crippen molar-refractivity contribution in [2.75, 3.05) is 18.9 Å². The van der Waals surface area contributed by atoms with Gasteiger partial charge in [0.2, 0.25) is 0 Å². The molecule has 2 aromatic carbocycles. The van der Waals surface area contributed by atoms with Crippen LogP contribution in [0.1, 0.15) is 34.1 Å². The largest absolute Gasteiger partial charge is 0.465 e. The molecule has 27 heavy (non-hydrogen) atoms. The van der Waals surface area contributed by atoms with Gasteiger partial charge in [0.25, 0.3) is 11.8 Å². The van der Waals surface area contributed by atoms with Gasteiger partial charge in [-0.15, -0.1) is 11.8 Å². The lowest BCUT2D eigenvalue weighted by atomic mass is 10.1. The first kappa shape index (κ1) is 19.0. The first-order valence-corrected chi connectivity index (χ1v) is 9.49. The summed E-state index contributed by atoms with van der Waals surface area (Å²) in [5, 5.41) is -0.368. The topological polar surface area (TPSA) is 89.7 Å². The van der Waals surface area contributed by atoms with E-state index in [4.69, 9.17) is 10.5 Å². The Bertz CT molecular complexity index is 832. The molecule has 1 aliphatic heterocycles. The molecule has 2 N–H and O–H groups in total. The minimum absolute atomic E-state index is 0.152. The zero-order valence-electron chi connectivity index (χ0n) is 14.9. The molecule has 0 saturated carbocycles. The van der Waals surface area contributed by atoms with Gasteiger partial charge < -0.3 is 10.5 Å². The van der Waals surface area contributed by atoms with Crippen molar-refractivity contribution in [3.63, 3.8) is 0 Å². The summed E-state index contributed by atoms with van der Waals surface area (Å²) in [5.41, 5.74) is 7.16. The molecule has 6 nitrogen and oxygen atoms in total. The van der Waals surface area contributed by atoms with Crippen molar-refractivity contribution in [3.8, 4) is 0 Å². The number of benzene rings is 2. The van der Waals surface area contributed by atoms with Crippen LogP contribution in [-0.4, -0.2) is 41.1 Å². The number of nitrogens with two attached hydrogens (primary N) is 1. The number of hydrogen-bond donors (Lipinski definition) is 1. The third-order valence-electron chi connectivity index (χ3n) is 4.17. The van der Waals surface area contributed by atoms with Gasteiger partial charge in [0.1, 0.15) is 5.25 Å². The standard InChI is InChI=1S/C20H20N2O4S/c1-13(27-15-9-7-14(21)8-10-15)20(25)26-12-4-11-22-18(23)16-5-2-3-6-17(16)19(22)24/h2-3,5-10,13H,4,11-12,21H2,1H3/t13-/m0/s1. The van der Waals surface area contributed by atoms with Crippen LogP contribution in [0.5, 0.6) is 0 Å². The molecule has 0 spiro atoms. The van der Waals surface area contributed by atoms with Gasteiger partial charge >= 0.3 is 5.97 Å². The third kappa shape index (κ3) is 4.31. The second-order valence-corrected chi connectivity index (χ2v) is 7.57. The summed E-state index contributed by atoms with van der Waals surface area (Å²) in [6.07, 6.45) is 0.399. The highest BCUT2D eigenvalue weighted by atomic mass is 32.2. The third-order valence-corrected chi connectivity index (χ3v) is 5.26. The van der Waals surface area contributed by atoms with Crippen molar-refractivity contribution in [2.45, 2.75) is 23.5 Å². The molecule has 0 aliphatic carbocycles. The Morgan fingerprint density at radius 3 is 2.26 bits per heavy atom. The quantitative estimate of drug-likeness (QED) is 0.259. The predicted octanol–water partition coefficient (Wildman–Crippen LogP) is 2.98. The van der Waals surface area contributed by atoms with Crippen LogP contribution in [0.2, 0.25) is 0 Å². The number of amides is 2. The molecule has 0 bridgehead atoms. The molecule has 7 heteroatoms. The van der Waals surface area contributed by atoms with Crippen molar-refractivity contribution < 1.29 is 19.1 Å². The van der Waals surface area contributed by atoms with Gasteiger partial charge in [0.15, 0.2) is 0 Å². The summed E-state index contributed by atoms with van der Waals surface area (Å²) >= 11 is 1.39. The summed E-state index contributed by atoms with van der Waals surface area (Å²) in [4.78, 5) is 38.7. The van der Waals surface area contributed by atoms with Gasteiger partial charge in [-0.3, -0.25) is 19.3 Å². The van der Waals surface area contributed by atoms with Crippen molar-refractivity contribution in [3.05, 3.63) is 59.7 Å². The zero-order chi connectivity index (χ0) is 19.4. The number of fused-ring (bicyclic) bond motifs is 1. The number of hydrogen-bond acceptors (Lipinski definition) is 6. The van der Waals surface area contributed by atoms with E-state index in [2.05, 4.69) is 0 Å². The molecule has 1 atom stereocenters. The molecule has 1 heterocycles. The van der Waals surface area contributed by atoms with Crippen LogP contribution in [0.15, 0.2) is 53.4 Å². The molecule has 3 rings (SSSR count). The molecule has 0 saturated heterocycles. The Labute approximate surface area is 161 Å². The highest BCUT2D eigenvalue weighted by Gasteiger charge is 2.34. The Morgan fingerprint density at radius 1 is 1.07 bits per heavy atom. The van der Waals surface area contributed by atoms with Crippen molar-refractivity contribution in [1.82, 2.24) is 4.90 Å². The molecule has 0 radical (unpaired) electrons. The smallest absolute Gasteiger partial charge is 0.319 e. The van der Waals surface area contributed by atoms with E-state index in [1.54, 1.807) is 43.3 Å². The molecule has 2 amide bonds. The average molecular weight is 384 g/mol. The molecule has 2 aromatic rings. The van der Waals surface area contributed by atoms with Crippen LogP contribution in [0, 0.1) is 0 Å². The summed E-state index contributed by atoms with van der Waals surface area (Å²) in [6, 6.07) is 14.0. The first-order valence-electron chi connectivity index (χ1n) is 8.61. The Balaban J connectivity index is 1.43. The SMILES string of the molecule is C[C@H](Sc1ccc(N)cc1)C(=O)OCCCN1C(=O)c2ccccc2C1=O. The Hall–Kier alpha value is -2.80. The number of esters is 1. The van der Waals surface area contributed by atoms with Crippen molar-refractivity contribution in [2.24, 2.45) is 0 Å². The molecule has 1 aliphatic rings. The maximum absolute atomic E-state index is 12.3. The Kier molecular flexibility index (Phi) is 5.81. The van der Waals surface area contributed by atoms with Crippen LogP contribution in [0.3, 0.4) is 0 Å². The lowest BCUT2D eigenvalue weighted by Crippen LogP contribution is -2.31. The number of imide groups is 1. The fourth-order valence-corrected chi connectivity index (χ4v) is 3.62. The second kappa shape index (κ2) is 8.26. The average Bonchev–Trinajstić information content (AvgIpc) is 2.91. The van der Waals surface area contributed by atoms with Gasteiger partial charge in [-0.1, -0.05) is 12.1 Å². The number of nitrogen functional groups attached to an aromatic ring is 1. The van der Waals surface area contributed by atoms with Crippen molar-refractivity contribution >= 4 is 35.2 Å². The summed E-state index contributed by atoms with van der Waals surface area (Å²) in [5.74, 6) is -0.928. The minimum atomic E-state index is -0.368. The lowest BCUT2D eigenvalue weighted by molar-refractivity contribution is -0.142. The van der Waals surface area contributed by atoms with E-state index < -0.39 is 0 Å². The van der Waals surface area contributed by atoms with Crippen LogP contribution in [-0.2, 0) is 9.53 Å². The summed E-state index contributed by atoms with van der Waals surface area (Å²) in [6.45, 7) is 2.14. The van der Waals surface area contributed by atoms with Gasteiger partial charge in [0.05, 0.1) is 17.7 Å². The van der Waals surface area contributed by atoms with Gasteiger partial charge in [-0.25, -0.2) is 0 Å². The van der Waals surface area contributed by atoms with Gasteiger partial charge in [0, 0.05) is 17.1 Å². The van der Waals surface area contributed by atoms with E-state index in [1.165, 1.54) is 16.7 Å². The highest BCUT2D eigenvalue weighted by molar-refractivity contribution is 8.00. The monoisotopic (exact) mass is 384 g/mol. The Morgan fingerprint density at radius 2 is 1.67 bits per heavy atom. The molecule has 0 fully saturated rings. The summed E-state index contributed by atoms with van der Waals surface area (Å²) < 4.78 is 5.27.